The minimum atomic E-state index is -4.45. The van der Waals surface area contributed by atoms with Crippen molar-refractivity contribution in [2.45, 2.75) is 16.2 Å². The highest BCUT2D eigenvalue weighted by molar-refractivity contribution is 7.90. The molecule has 14 heteroatoms. The SMILES string of the molecule is CS(=O)(=O)c1nc(Nc2ccc(C(F)(F)F)cc2)cc(-c2ccc3cccnc3c2)n1.O=S(=O)(O)c1ccccc1. The highest BCUT2D eigenvalue weighted by atomic mass is 32.2. The van der Waals surface area contributed by atoms with Crippen LogP contribution in [0.25, 0.3) is 22.2 Å². The summed E-state index contributed by atoms with van der Waals surface area (Å²) in [5, 5.41) is 3.35. The number of halogens is 3. The lowest BCUT2D eigenvalue weighted by Gasteiger charge is -2.11. The molecule has 41 heavy (non-hydrogen) atoms. The number of rotatable bonds is 5. The van der Waals surface area contributed by atoms with Gasteiger partial charge in [0, 0.05) is 35.2 Å². The van der Waals surface area contributed by atoms with Crippen molar-refractivity contribution in [3.05, 3.63) is 103 Å². The maximum atomic E-state index is 12.8. The van der Waals surface area contributed by atoms with Crippen molar-refractivity contribution < 1.29 is 34.6 Å². The predicted octanol–water partition coefficient (Wildman–Crippen LogP) is 5.79. The molecule has 3 aromatic carbocycles. The molecule has 0 aliphatic heterocycles. The molecule has 2 N–H and O–H groups in total. The van der Waals surface area contributed by atoms with Gasteiger partial charge in [-0.15, -0.1) is 0 Å². The van der Waals surface area contributed by atoms with Gasteiger partial charge in [-0.1, -0.05) is 36.4 Å². The van der Waals surface area contributed by atoms with E-state index in [-0.39, 0.29) is 10.7 Å². The Hall–Kier alpha value is -4.40. The molecule has 0 spiro atoms. The van der Waals surface area contributed by atoms with Crippen molar-refractivity contribution in [3.63, 3.8) is 0 Å². The maximum absolute atomic E-state index is 12.8. The summed E-state index contributed by atoms with van der Waals surface area (Å²) in [6.07, 6.45) is -1.82. The van der Waals surface area contributed by atoms with Crippen LogP contribution in [-0.4, -0.2) is 42.6 Å². The van der Waals surface area contributed by atoms with Gasteiger partial charge in [0.05, 0.1) is 21.7 Å². The molecular formula is C27H21F3N4O5S2. The Balaban J connectivity index is 0.000000328. The van der Waals surface area contributed by atoms with E-state index in [9.17, 15) is 30.0 Å². The second kappa shape index (κ2) is 11.6. The molecule has 0 amide bonds. The van der Waals surface area contributed by atoms with E-state index < -0.39 is 36.9 Å². The van der Waals surface area contributed by atoms with Gasteiger partial charge in [-0.25, -0.2) is 18.4 Å². The van der Waals surface area contributed by atoms with Gasteiger partial charge in [0.15, 0.2) is 0 Å². The number of benzene rings is 3. The summed E-state index contributed by atoms with van der Waals surface area (Å²) in [5.74, 6) is 0.131. The molecule has 0 unspecified atom stereocenters. The normalized spacial score (nSPS) is 11.9. The zero-order chi connectivity index (χ0) is 29.8. The second-order valence-electron chi connectivity index (χ2n) is 8.59. The number of fused-ring (bicyclic) bond motifs is 1. The van der Waals surface area contributed by atoms with E-state index in [0.717, 1.165) is 23.8 Å². The summed E-state index contributed by atoms with van der Waals surface area (Å²) < 4.78 is 91.7. The quantitative estimate of drug-likeness (QED) is 0.189. The molecule has 2 aromatic heterocycles. The van der Waals surface area contributed by atoms with Gasteiger partial charge in [-0.3, -0.25) is 9.54 Å². The van der Waals surface area contributed by atoms with Crippen LogP contribution in [0.4, 0.5) is 24.7 Å². The summed E-state index contributed by atoms with van der Waals surface area (Å²) in [6, 6.07) is 22.4. The topological polar surface area (TPSA) is 139 Å². The third-order valence-electron chi connectivity index (χ3n) is 5.46. The molecule has 0 fully saturated rings. The van der Waals surface area contributed by atoms with Gasteiger partial charge in [0.1, 0.15) is 5.82 Å². The van der Waals surface area contributed by atoms with Crippen LogP contribution < -0.4 is 5.32 Å². The minimum absolute atomic E-state index is 0.0741. The maximum Gasteiger partial charge on any atom is 0.416 e. The number of hydrogen-bond donors (Lipinski definition) is 2. The van der Waals surface area contributed by atoms with Crippen LogP contribution in [0.5, 0.6) is 0 Å². The van der Waals surface area contributed by atoms with Crippen molar-refractivity contribution in [3.8, 4) is 11.3 Å². The zero-order valence-corrected chi connectivity index (χ0v) is 22.7. The van der Waals surface area contributed by atoms with E-state index in [0.29, 0.717) is 22.5 Å². The first kappa shape index (κ1) is 29.6. The van der Waals surface area contributed by atoms with E-state index in [4.69, 9.17) is 4.55 Å². The lowest BCUT2D eigenvalue weighted by atomic mass is 10.1. The van der Waals surface area contributed by atoms with Crippen LogP contribution in [0.1, 0.15) is 5.56 Å². The fourth-order valence-corrected chi connectivity index (χ4v) is 4.54. The Labute approximate surface area is 233 Å². The smallest absolute Gasteiger partial charge is 0.340 e. The van der Waals surface area contributed by atoms with Crippen LogP contribution in [0.2, 0.25) is 0 Å². The Kier molecular flexibility index (Phi) is 8.37. The zero-order valence-electron chi connectivity index (χ0n) is 21.1. The molecule has 0 aliphatic carbocycles. The largest absolute Gasteiger partial charge is 0.416 e. The van der Waals surface area contributed by atoms with E-state index in [2.05, 4.69) is 20.3 Å². The first-order valence-corrected chi connectivity index (χ1v) is 14.9. The summed E-state index contributed by atoms with van der Waals surface area (Å²) >= 11 is 0. The van der Waals surface area contributed by atoms with Gasteiger partial charge in [-0.05, 0) is 48.5 Å². The fourth-order valence-electron chi connectivity index (χ4n) is 3.51. The Morgan fingerprint density at radius 2 is 1.49 bits per heavy atom. The molecule has 0 aliphatic rings. The predicted molar refractivity (Wildman–Crippen MR) is 147 cm³/mol. The average Bonchev–Trinajstić information content (AvgIpc) is 2.92. The molecule has 0 atom stereocenters. The summed E-state index contributed by atoms with van der Waals surface area (Å²) in [4.78, 5) is 12.4. The summed E-state index contributed by atoms with van der Waals surface area (Å²) in [7, 11) is -7.75. The molecule has 0 radical (unpaired) electrons. The van der Waals surface area contributed by atoms with E-state index >= 15 is 0 Å². The van der Waals surface area contributed by atoms with Crippen LogP contribution in [0.3, 0.4) is 0 Å². The van der Waals surface area contributed by atoms with E-state index in [1.807, 2.05) is 12.1 Å². The average molecular weight is 603 g/mol. The van der Waals surface area contributed by atoms with Gasteiger partial charge >= 0.3 is 6.18 Å². The standard InChI is InChI=1S/C21H15F3N4O2S.C6H6O3S/c1-31(29,30)20-27-18(14-5-4-13-3-2-10-25-17(13)11-14)12-19(28-20)26-16-8-6-15(7-9-16)21(22,23)24;7-10(8,9)6-4-2-1-3-5-6/h2-12H,1H3,(H,26,27,28);1-5H,(H,7,8,9). The molecule has 0 saturated carbocycles. The Bertz CT molecular complexity index is 1900. The van der Waals surface area contributed by atoms with Crippen molar-refractivity contribution in [2.24, 2.45) is 0 Å². The van der Waals surface area contributed by atoms with Gasteiger partial charge < -0.3 is 5.32 Å². The molecular weight excluding hydrogens is 581 g/mol. The van der Waals surface area contributed by atoms with Gasteiger partial charge in [-0.2, -0.15) is 21.6 Å². The highest BCUT2D eigenvalue weighted by Gasteiger charge is 2.30. The van der Waals surface area contributed by atoms with Crippen LogP contribution in [0, 0.1) is 0 Å². The Morgan fingerprint density at radius 1 is 0.805 bits per heavy atom. The number of anilines is 2. The molecule has 212 valence electrons. The highest BCUT2D eigenvalue weighted by Crippen LogP contribution is 2.31. The molecule has 0 bridgehead atoms. The summed E-state index contributed by atoms with van der Waals surface area (Å²) in [5.41, 5.74) is 1.18. The van der Waals surface area contributed by atoms with E-state index in [1.165, 1.54) is 30.3 Å². The minimum Gasteiger partial charge on any atom is -0.340 e. The van der Waals surface area contributed by atoms with Crippen molar-refractivity contribution in [2.75, 3.05) is 11.6 Å². The number of nitrogens with one attached hydrogen (secondary N) is 1. The lowest BCUT2D eigenvalue weighted by Crippen LogP contribution is -2.08. The summed E-state index contributed by atoms with van der Waals surface area (Å²) in [6.45, 7) is 0. The first-order chi connectivity index (χ1) is 19.2. The number of nitrogens with zero attached hydrogens (tertiary/aromatic N) is 3. The molecule has 5 aromatic rings. The number of pyridine rings is 1. The Morgan fingerprint density at radius 3 is 2.07 bits per heavy atom. The number of alkyl halides is 3. The van der Waals surface area contributed by atoms with E-state index in [1.54, 1.807) is 42.6 Å². The lowest BCUT2D eigenvalue weighted by molar-refractivity contribution is -0.137. The second-order valence-corrected chi connectivity index (χ2v) is 11.9. The molecule has 9 nitrogen and oxygen atoms in total. The van der Waals surface area contributed by atoms with Gasteiger partial charge in [0.25, 0.3) is 10.1 Å². The molecule has 5 rings (SSSR count). The number of aromatic nitrogens is 3. The number of sulfone groups is 1. The van der Waals surface area contributed by atoms with Gasteiger partial charge in [0.2, 0.25) is 15.0 Å². The van der Waals surface area contributed by atoms with Crippen LogP contribution in [-0.2, 0) is 26.1 Å². The third-order valence-corrected chi connectivity index (χ3v) is 7.18. The van der Waals surface area contributed by atoms with Crippen LogP contribution >= 0.6 is 0 Å². The van der Waals surface area contributed by atoms with Crippen LogP contribution in [0.15, 0.2) is 107 Å². The monoisotopic (exact) mass is 602 g/mol. The van der Waals surface area contributed by atoms with Crippen molar-refractivity contribution in [1.82, 2.24) is 15.0 Å². The first-order valence-electron chi connectivity index (χ1n) is 11.6. The van der Waals surface area contributed by atoms with Crippen molar-refractivity contribution in [1.29, 1.82) is 0 Å². The molecule has 0 saturated heterocycles. The fraction of sp³-hybridized carbons (Fsp3) is 0.0741. The molecule has 2 heterocycles. The van der Waals surface area contributed by atoms with Crippen molar-refractivity contribution >= 4 is 42.4 Å². The third kappa shape index (κ3) is 7.84. The number of hydrogen-bond acceptors (Lipinski definition) is 8.